The van der Waals surface area contributed by atoms with E-state index in [1.807, 2.05) is 24.3 Å². The summed E-state index contributed by atoms with van der Waals surface area (Å²) in [6.07, 6.45) is 0.762. The molecule has 0 aliphatic carbocycles. The molecule has 1 atom stereocenters. The molecule has 0 saturated carbocycles. The Morgan fingerprint density at radius 1 is 1.36 bits per heavy atom. The molecule has 14 heavy (non-hydrogen) atoms. The highest BCUT2D eigenvalue weighted by molar-refractivity contribution is 5.39. The van der Waals surface area contributed by atoms with Gasteiger partial charge in [0.25, 0.3) is 0 Å². The Balaban J connectivity index is 1.94. The maximum atomic E-state index is 9.36. The molecule has 1 aliphatic rings. The average molecular weight is 192 g/mol. The number of likely N-dealkylation sites (tertiary alicyclic amines) is 1. The highest BCUT2D eigenvalue weighted by Crippen LogP contribution is 2.14. The molecule has 0 bridgehead atoms. The van der Waals surface area contributed by atoms with Gasteiger partial charge in [0.05, 0.1) is 6.10 Å². The Morgan fingerprint density at radius 2 is 2.07 bits per heavy atom. The van der Waals surface area contributed by atoms with Crippen molar-refractivity contribution < 1.29 is 5.11 Å². The Kier molecular flexibility index (Phi) is 2.70. The van der Waals surface area contributed by atoms with Crippen LogP contribution in [0.15, 0.2) is 24.3 Å². The number of benzene rings is 1. The number of anilines is 1. The van der Waals surface area contributed by atoms with E-state index < -0.39 is 0 Å². The van der Waals surface area contributed by atoms with E-state index in [4.69, 9.17) is 5.73 Å². The summed E-state index contributed by atoms with van der Waals surface area (Å²) in [5.74, 6) is 0. The van der Waals surface area contributed by atoms with Crippen LogP contribution in [0.2, 0.25) is 0 Å². The van der Waals surface area contributed by atoms with E-state index in [-0.39, 0.29) is 6.10 Å². The smallest absolute Gasteiger partial charge is 0.0679 e. The molecule has 0 aromatic heterocycles. The molecule has 1 aliphatic heterocycles. The molecule has 1 aromatic carbocycles. The van der Waals surface area contributed by atoms with Gasteiger partial charge in [0, 0.05) is 25.3 Å². The summed E-state index contributed by atoms with van der Waals surface area (Å²) in [5, 5.41) is 9.36. The summed E-state index contributed by atoms with van der Waals surface area (Å²) < 4.78 is 0. The first-order valence-electron chi connectivity index (χ1n) is 4.99. The lowest BCUT2D eigenvalue weighted by Gasteiger charge is -2.14. The number of nitrogens with zero attached hydrogens (tertiary/aromatic N) is 1. The quantitative estimate of drug-likeness (QED) is 0.682. The lowest BCUT2D eigenvalue weighted by molar-refractivity contribution is 0.175. The Hall–Kier alpha value is -1.06. The third kappa shape index (κ3) is 2.25. The number of aliphatic hydroxyl groups is 1. The van der Waals surface area contributed by atoms with Crippen LogP contribution in [0.5, 0.6) is 0 Å². The van der Waals surface area contributed by atoms with Crippen LogP contribution in [-0.2, 0) is 6.54 Å². The second-order valence-corrected chi connectivity index (χ2v) is 3.92. The highest BCUT2D eigenvalue weighted by atomic mass is 16.3. The largest absolute Gasteiger partial charge is 0.399 e. The first kappa shape index (κ1) is 9.49. The predicted molar refractivity (Wildman–Crippen MR) is 56.8 cm³/mol. The minimum Gasteiger partial charge on any atom is -0.399 e. The van der Waals surface area contributed by atoms with Crippen LogP contribution < -0.4 is 5.73 Å². The minimum absolute atomic E-state index is 0.135. The van der Waals surface area contributed by atoms with Crippen molar-refractivity contribution in [2.45, 2.75) is 19.1 Å². The fourth-order valence-electron chi connectivity index (χ4n) is 1.84. The summed E-state index contributed by atoms with van der Waals surface area (Å²) in [4.78, 5) is 2.26. The molecule has 1 heterocycles. The van der Waals surface area contributed by atoms with Gasteiger partial charge in [-0.2, -0.15) is 0 Å². The molecule has 2 rings (SSSR count). The zero-order valence-corrected chi connectivity index (χ0v) is 8.19. The molecule has 0 unspecified atom stereocenters. The highest BCUT2D eigenvalue weighted by Gasteiger charge is 2.19. The molecule has 0 radical (unpaired) electrons. The Bertz CT molecular complexity index is 297. The predicted octanol–water partition coefficient (Wildman–Crippen LogP) is 0.835. The van der Waals surface area contributed by atoms with Gasteiger partial charge in [0.1, 0.15) is 0 Å². The number of aliphatic hydroxyl groups excluding tert-OH is 1. The lowest BCUT2D eigenvalue weighted by Crippen LogP contribution is -2.21. The monoisotopic (exact) mass is 192 g/mol. The van der Waals surface area contributed by atoms with Crippen molar-refractivity contribution in [2.24, 2.45) is 0 Å². The SMILES string of the molecule is Nc1ccc(CN2CC[C@H](O)C2)cc1. The zero-order valence-electron chi connectivity index (χ0n) is 8.19. The van der Waals surface area contributed by atoms with Crippen molar-refractivity contribution in [3.05, 3.63) is 29.8 Å². The van der Waals surface area contributed by atoms with Crippen molar-refractivity contribution in [2.75, 3.05) is 18.8 Å². The molecule has 1 aromatic rings. The van der Waals surface area contributed by atoms with Crippen LogP contribution in [0, 0.1) is 0 Å². The van der Waals surface area contributed by atoms with E-state index in [0.29, 0.717) is 0 Å². The molecule has 0 amide bonds. The van der Waals surface area contributed by atoms with Crippen molar-refractivity contribution in [1.29, 1.82) is 0 Å². The van der Waals surface area contributed by atoms with Crippen LogP contribution in [0.4, 0.5) is 5.69 Å². The number of hydrogen-bond acceptors (Lipinski definition) is 3. The number of nitrogen functional groups attached to an aromatic ring is 1. The van der Waals surface area contributed by atoms with Crippen LogP contribution in [-0.4, -0.2) is 29.2 Å². The standard InChI is InChI=1S/C11H16N2O/c12-10-3-1-9(2-4-10)7-13-6-5-11(14)8-13/h1-4,11,14H,5-8,12H2/t11-/m0/s1. The lowest BCUT2D eigenvalue weighted by atomic mass is 10.2. The van der Waals surface area contributed by atoms with Gasteiger partial charge < -0.3 is 10.8 Å². The number of nitrogens with two attached hydrogens (primary N) is 1. The fourth-order valence-corrected chi connectivity index (χ4v) is 1.84. The number of rotatable bonds is 2. The second kappa shape index (κ2) is 3.98. The van der Waals surface area contributed by atoms with E-state index in [2.05, 4.69) is 4.90 Å². The molecule has 76 valence electrons. The van der Waals surface area contributed by atoms with Gasteiger partial charge in [-0.3, -0.25) is 4.90 Å². The van der Waals surface area contributed by atoms with E-state index in [0.717, 1.165) is 31.7 Å². The van der Waals surface area contributed by atoms with Gasteiger partial charge in [-0.25, -0.2) is 0 Å². The van der Waals surface area contributed by atoms with Crippen LogP contribution >= 0.6 is 0 Å². The molecule has 3 N–H and O–H groups in total. The molecular weight excluding hydrogens is 176 g/mol. The van der Waals surface area contributed by atoms with Gasteiger partial charge in [-0.1, -0.05) is 12.1 Å². The van der Waals surface area contributed by atoms with Crippen molar-refractivity contribution in [3.63, 3.8) is 0 Å². The van der Waals surface area contributed by atoms with E-state index in [9.17, 15) is 5.11 Å². The van der Waals surface area contributed by atoms with E-state index >= 15 is 0 Å². The van der Waals surface area contributed by atoms with Gasteiger partial charge >= 0.3 is 0 Å². The number of β-amino-alcohol motifs (C(OH)–C–C–N with tert-alkyl or cyclic N) is 1. The van der Waals surface area contributed by atoms with Crippen LogP contribution in [0.25, 0.3) is 0 Å². The summed E-state index contributed by atoms with van der Waals surface area (Å²) in [5.41, 5.74) is 7.66. The zero-order chi connectivity index (χ0) is 9.97. The summed E-state index contributed by atoms with van der Waals surface area (Å²) in [7, 11) is 0. The molecule has 3 heteroatoms. The van der Waals surface area contributed by atoms with Crippen molar-refractivity contribution >= 4 is 5.69 Å². The minimum atomic E-state index is -0.135. The molecule has 0 spiro atoms. The van der Waals surface area contributed by atoms with Gasteiger partial charge in [-0.05, 0) is 24.1 Å². The van der Waals surface area contributed by atoms with Crippen LogP contribution in [0.1, 0.15) is 12.0 Å². The first-order valence-corrected chi connectivity index (χ1v) is 4.99. The molecule has 1 saturated heterocycles. The van der Waals surface area contributed by atoms with Gasteiger partial charge in [0.2, 0.25) is 0 Å². The topological polar surface area (TPSA) is 49.5 Å². The normalized spacial score (nSPS) is 22.8. The van der Waals surface area contributed by atoms with Gasteiger partial charge in [0.15, 0.2) is 0 Å². The van der Waals surface area contributed by atoms with E-state index in [1.165, 1.54) is 5.56 Å². The fraction of sp³-hybridized carbons (Fsp3) is 0.455. The first-order chi connectivity index (χ1) is 6.74. The van der Waals surface area contributed by atoms with Gasteiger partial charge in [-0.15, -0.1) is 0 Å². The maximum absolute atomic E-state index is 9.36. The van der Waals surface area contributed by atoms with Crippen LogP contribution in [0.3, 0.4) is 0 Å². The third-order valence-electron chi connectivity index (χ3n) is 2.63. The average Bonchev–Trinajstić information content (AvgIpc) is 2.56. The summed E-state index contributed by atoms with van der Waals surface area (Å²) in [6, 6.07) is 7.92. The Labute approximate surface area is 84.1 Å². The van der Waals surface area contributed by atoms with E-state index in [1.54, 1.807) is 0 Å². The number of hydrogen-bond donors (Lipinski definition) is 2. The summed E-state index contributed by atoms with van der Waals surface area (Å²) >= 11 is 0. The molecule has 1 fully saturated rings. The Morgan fingerprint density at radius 3 is 2.64 bits per heavy atom. The van der Waals surface area contributed by atoms with Crippen molar-refractivity contribution in [3.8, 4) is 0 Å². The molecular formula is C11H16N2O. The van der Waals surface area contributed by atoms with Crippen molar-refractivity contribution in [1.82, 2.24) is 4.90 Å². The maximum Gasteiger partial charge on any atom is 0.0679 e. The summed E-state index contributed by atoms with van der Waals surface area (Å²) in [6.45, 7) is 2.70. The molecule has 3 nitrogen and oxygen atoms in total. The second-order valence-electron chi connectivity index (χ2n) is 3.92. The third-order valence-corrected chi connectivity index (χ3v) is 2.63.